The summed E-state index contributed by atoms with van der Waals surface area (Å²) >= 11 is 7.79. The molecule has 1 aliphatic rings. The number of nitrogens with zero attached hydrogens (tertiary/aromatic N) is 7. The SMILES string of the molecule is CN1CCCN(c2cc(-c3nnc(Nc4ccc5[nH]ncc5c4Cl)s3)ncn2)C1=O. The van der Waals surface area contributed by atoms with Gasteiger partial charge in [0.05, 0.1) is 22.4 Å². The summed E-state index contributed by atoms with van der Waals surface area (Å²) in [5.74, 6) is 0.551. The Labute approximate surface area is 179 Å². The number of benzene rings is 1. The quantitative estimate of drug-likeness (QED) is 0.497. The van der Waals surface area contributed by atoms with Crippen LogP contribution in [0.2, 0.25) is 5.02 Å². The third-order valence-corrected chi connectivity index (χ3v) is 6.07. The van der Waals surface area contributed by atoms with Gasteiger partial charge in [0.25, 0.3) is 0 Å². The number of halogens is 1. The van der Waals surface area contributed by atoms with Gasteiger partial charge in [-0.15, -0.1) is 10.2 Å². The molecule has 1 saturated heterocycles. The van der Waals surface area contributed by atoms with Crippen LogP contribution in [0.25, 0.3) is 21.6 Å². The minimum Gasteiger partial charge on any atom is -0.329 e. The van der Waals surface area contributed by atoms with Crippen LogP contribution in [-0.2, 0) is 0 Å². The van der Waals surface area contributed by atoms with Gasteiger partial charge in [-0.05, 0) is 18.6 Å². The number of hydrogen-bond acceptors (Lipinski definition) is 8. The summed E-state index contributed by atoms with van der Waals surface area (Å²) in [6, 6.07) is 5.42. The molecule has 0 aliphatic carbocycles. The molecule has 0 atom stereocenters. The van der Waals surface area contributed by atoms with Crippen LogP contribution >= 0.6 is 22.9 Å². The van der Waals surface area contributed by atoms with E-state index in [1.165, 1.54) is 17.7 Å². The first-order valence-electron chi connectivity index (χ1n) is 9.17. The Balaban J connectivity index is 1.40. The fourth-order valence-electron chi connectivity index (χ4n) is 3.26. The van der Waals surface area contributed by atoms with Gasteiger partial charge >= 0.3 is 6.03 Å². The Bertz CT molecular complexity index is 1240. The maximum absolute atomic E-state index is 12.4. The molecule has 3 aromatic heterocycles. The van der Waals surface area contributed by atoms with E-state index in [0.29, 0.717) is 38.9 Å². The van der Waals surface area contributed by atoms with E-state index in [-0.39, 0.29) is 6.03 Å². The zero-order valence-corrected chi connectivity index (χ0v) is 17.4. The summed E-state index contributed by atoms with van der Waals surface area (Å²) in [5.41, 5.74) is 2.16. The predicted molar refractivity (Wildman–Crippen MR) is 115 cm³/mol. The average molecular weight is 442 g/mol. The highest BCUT2D eigenvalue weighted by Crippen LogP contribution is 2.34. The number of carbonyl (C=O) groups is 1. The molecule has 2 N–H and O–H groups in total. The topological polar surface area (TPSA) is 116 Å². The molecular formula is C18H16ClN9OS. The Kier molecular flexibility index (Phi) is 4.68. The first-order valence-corrected chi connectivity index (χ1v) is 10.4. The molecule has 0 radical (unpaired) electrons. The third-order valence-electron chi connectivity index (χ3n) is 4.81. The van der Waals surface area contributed by atoms with Gasteiger partial charge in [0.15, 0.2) is 5.01 Å². The van der Waals surface area contributed by atoms with Crippen molar-refractivity contribution in [3.05, 3.63) is 35.7 Å². The summed E-state index contributed by atoms with van der Waals surface area (Å²) in [6.07, 6.45) is 4.00. The van der Waals surface area contributed by atoms with Gasteiger partial charge in [-0.25, -0.2) is 14.8 Å². The first-order chi connectivity index (χ1) is 14.6. The minimum atomic E-state index is -0.0743. The maximum atomic E-state index is 12.4. The number of nitrogens with one attached hydrogen (secondary N) is 2. The molecule has 2 amide bonds. The van der Waals surface area contributed by atoms with Gasteiger partial charge in [-0.3, -0.25) is 10.00 Å². The van der Waals surface area contributed by atoms with Crippen molar-refractivity contribution in [3.63, 3.8) is 0 Å². The number of H-pyrrole nitrogens is 1. The van der Waals surface area contributed by atoms with E-state index in [0.717, 1.165) is 23.9 Å². The van der Waals surface area contributed by atoms with Gasteiger partial charge in [0.1, 0.15) is 17.8 Å². The van der Waals surface area contributed by atoms with Crippen LogP contribution in [-0.4, -0.2) is 61.4 Å². The minimum absolute atomic E-state index is 0.0743. The summed E-state index contributed by atoms with van der Waals surface area (Å²) in [4.78, 5) is 24.3. The number of aromatic amines is 1. The van der Waals surface area contributed by atoms with Crippen LogP contribution in [0.5, 0.6) is 0 Å². The molecule has 0 bridgehead atoms. The average Bonchev–Trinajstić information content (AvgIpc) is 3.42. The molecule has 5 rings (SSSR count). The molecule has 0 unspecified atom stereocenters. The van der Waals surface area contributed by atoms with E-state index in [1.54, 1.807) is 29.1 Å². The summed E-state index contributed by atoms with van der Waals surface area (Å²) in [7, 11) is 1.78. The van der Waals surface area contributed by atoms with Gasteiger partial charge in [0.2, 0.25) is 5.13 Å². The summed E-state index contributed by atoms with van der Waals surface area (Å²) < 4.78 is 0. The van der Waals surface area contributed by atoms with Crippen LogP contribution in [0, 0.1) is 0 Å². The van der Waals surface area contributed by atoms with E-state index in [2.05, 4.69) is 35.7 Å². The fraction of sp³-hybridized carbons (Fsp3) is 0.222. The number of anilines is 3. The normalized spacial score (nSPS) is 14.5. The highest BCUT2D eigenvalue weighted by atomic mass is 35.5. The van der Waals surface area contributed by atoms with E-state index >= 15 is 0 Å². The van der Waals surface area contributed by atoms with Crippen LogP contribution in [0.3, 0.4) is 0 Å². The second-order valence-electron chi connectivity index (χ2n) is 6.77. The van der Waals surface area contributed by atoms with Crippen molar-refractivity contribution in [3.8, 4) is 10.7 Å². The summed E-state index contributed by atoms with van der Waals surface area (Å²) in [5, 5.41) is 21.1. The Morgan fingerprint density at radius 3 is 3.03 bits per heavy atom. The maximum Gasteiger partial charge on any atom is 0.325 e. The third kappa shape index (κ3) is 3.31. The van der Waals surface area contributed by atoms with Crippen LogP contribution in [0.15, 0.2) is 30.7 Å². The van der Waals surface area contributed by atoms with Crippen molar-refractivity contribution in [2.24, 2.45) is 0 Å². The first kappa shape index (κ1) is 18.7. The van der Waals surface area contributed by atoms with Crippen molar-refractivity contribution in [1.29, 1.82) is 0 Å². The van der Waals surface area contributed by atoms with Crippen molar-refractivity contribution in [2.45, 2.75) is 6.42 Å². The molecule has 0 spiro atoms. The smallest absolute Gasteiger partial charge is 0.325 e. The molecule has 30 heavy (non-hydrogen) atoms. The predicted octanol–water partition coefficient (Wildman–Crippen LogP) is 3.53. The number of fused-ring (bicyclic) bond motifs is 1. The number of aromatic nitrogens is 6. The highest BCUT2D eigenvalue weighted by Gasteiger charge is 2.25. The Morgan fingerprint density at radius 1 is 1.23 bits per heavy atom. The van der Waals surface area contributed by atoms with Gasteiger partial charge in [-0.2, -0.15) is 5.10 Å². The highest BCUT2D eigenvalue weighted by molar-refractivity contribution is 7.18. The molecule has 1 aliphatic heterocycles. The van der Waals surface area contributed by atoms with Crippen molar-refractivity contribution in [1.82, 2.24) is 35.3 Å². The molecule has 1 aromatic carbocycles. The second kappa shape index (κ2) is 7.50. The van der Waals surface area contributed by atoms with E-state index < -0.39 is 0 Å². The second-order valence-corrected chi connectivity index (χ2v) is 8.12. The Hall–Kier alpha value is -3.31. The van der Waals surface area contributed by atoms with E-state index in [9.17, 15) is 4.79 Å². The van der Waals surface area contributed by atoms with Crippen LogP contribution < -0.4 is 10.2 Å². The van der Waals surface area contributed by atoms with Crippen molar-refractivity contribution < 1.29 is 4.79 Å². The van der Waals surface area contributed by atoms with Crippen molar-refractivity contribution in [2.75, 3.05) is 30.4 Å². The fourth-order valence-corrected chi connectivity index (χ4v) is 4.24. The number of rotatable bonds is 4. The molecule has 10 nitrogen and oxygen atoms in total. The molecule has 1 fully saturated rings. The van der Waals surface area contributed by atoms with E-state index in [1.807, 2.05) is 12.1 Å². The van der Waals surface area contributed by atoms with Gasteiger partial charge in [-0.1, -0.05) is 22.9 Å². The largest absolute Gasteiger partial charge is 0.329 e. The van der Waals surface area contributed by atoms with Crippen molar-refractivity contribution >= 4 is 56.5 Å². The standard InChI is InChI=1S/C18H16ClN9OS/c1-27-5-2-6-28(18(27)29)14-7-13(20-9-21-14)16-25-26-17(30-16)23-12-4-3-11-10(15(12)19)8-22-24-11/h3-4,7-9H,2,5-6H2,1H3,(H,22,24)(H,23,26). The van der Waals surface area contributed by atoms with Gasteiger partial charge in [0, 0.05) is 31.6 Å². The molecule has 152 valence electrons. The Morgan fingerprint density at radius 2 is 2.13 bits per heavy atom. The zero-order chi connectivity index (χ0) is 20.7. The van der Waals surface area contributed by atoms with Crippen LogP contribution in [0.1, 0.15) is 6.42 Å². The molecule has 12 heteroatoms. The lowest BCUT2D eigenvalue weighted by atomic mass is 10.2. The number of urea groups is 1. The number of carbonyl (C=O) groups excluding carboxylic acids is 1. The molecular weight excluding hydrogens is 426 g/mol. The number of amides is 2. The zero-order valence-electron chi connectivity index (χ0n) is 15.8. The molecule has 4 aromatic rings. The number of hydrogen-bond donors (Lipinski definition) is 2. The lowest BCUT2D eigenvalue weighted by Crippen LogP contribution is -2.47. The summed E-state index contributed by atoms with van der Waals surface area (Å²) in [6.45, 7) is 1.36. The lowest BCUT2D eigenvalue weighted by molar-refractivity contribution is 0.207. The monoisotopic (exact) mass is 441 g/mol. The molecule has 0 saturated carbocycles. The lowest BCUT2D eigenvalue weighted by Gasteiger charge is -2.32. The molecule has 4 heterocycles. The van der Waals surface area contributed by atoms with E-state index in [4.69, 9.17) is 11.6 Å². The van der Waals surface area contributed by atoms with Gasteiger partial charge < -0.3 is 10.2 Å². The van der Waals surface area contributed by atoms with Crippen LogP contribution in [0.4, 0.5) is 21.4 Å².